The molecule has 1 aromatic carbocycles. The molecule has 0 aliphatic rings. The number of H-pyrrole nitrogens is 1. The summed E-state index contributed by atoms with van der Waals surface area (Å²) in [5.41, 5.74) is -1.37. The van der Waals surface area contributed by atoms with E-state index in [0.717, 1.165) is 6.07 Å². The van der Waals surface area contributed by atoms with Gasteiger partial charge in [0.1, 0.15) is 17.4 Å². The summed E-state index contributed by atoms with van der Waals surface area (Å²) in [6.07, 6.45) is 0. The summed E-state index contributed by atoms with van der Waals surface area (Å²) >= 11 is 0. The Bertz CT molecular complexity index is 760. The van der Waals surface area contributed by atoms with Crippen LogP contribution in [0.15, 0.2) is 23.0 Å². The molecule has 2 rings (SSSR count). The van der Waals surface area contributed by atoms with E-state index in [1.807, 2.05) is 0 Å². The summed E-state index contributed by atoms with van der Waals surface area (Å²) in [6.45, 7) is 1.51. The molecule has 0 aliphatic carbocycles. The van der Waals surface area contributed by atoms with Gasteiger partial charge >= 0.3 is 0 Å². The van der Waals surface area contributed by atoms with Gasteiger partial charge in [0, 0.05) is 22.9 Å². The van der Waals surface area contributed by atoms with Gasteiger partial charge in [-0.1, -0.05) is 0 Å². The van der Waals surface area contributed by atoms with Crippen molar-refractivity contribution in [1.82, 2.24) is 4.98 Å². The lowest BCUT2D eigenvalue weighted by molar-refractivity contribution is 0.497. The third-order valence-electron chi connectivity index (χ3n) is 2.56. The lowest BCUT2D eigenvalue weighted by Gasteiger charge is -2.07. The Balaban J connectivity index is 2.87. The zero-order chi connectivity index (χ0) is 14.2. The lowest BCUT2D eigenvalue weighted by Crippen LogP contribution is -2.13. The molecule has 0 unspecified atom stereocenters. The molecule has 0 saturated carbocycles. The van der Waals surface area contributed by atoms with Crippen LogP contribution in [0.25, 0.3) is 11.1 Å². The van der Waals surface area contributed by atoms with Crippen molar-refractivity contribution in [2.45, 2.75) is 6.92 Å². The topological polar surface area (TPSA) is 56.6 Å². The highest BCUT2D eigenvalue weighted by Crippen LogP contribution is 2.27. The molecule has 0 aliphatic heterocycles. The van der Waals surface area contributed by atoms with Crippen LogP contribution in [0.3, 0.4) is 0 Å². The van der Waals surface area contributed by atoms with Gasteiger partial charge in [-0.15, -0.1) is 0 Å². The molecule has 0 radical (unpaired) electrons. The van der Waals surface area contributed by atoms with E-state index in [1.54, 1.807) is 6.07 Å². The minimum atomic E-state index is -1.38. The highest BCUT2D eigenvalue weighted by Gasteiger charge is 2.18. The van der Waals surface area contributed by atoms with Crippen molar-refractivity contribution in [3.8, 4) is 17.2 Å². The number of aryl methyl sites for hydroxylation is 1. The lowest BCUT2D eigenvalue weighted by atomic mass is 10.00. The zero-order valence-electron chi connectivity index (χ0n) is 9.72. The molecule has 1 N–H and O–H groups in total. The number of pyridine rings is 1. The molecule has 0 spiro atoms. The monoisotopic (exact) mass is 264 g/mol. The molecule has 19 heavy (non-hydrogen) atoms. The van der Waals surface area contributed by atoms with Crippen molar-refractivity contribution in [3.05, 3.63) is 57.3 Å². The zero-order valence-corrected chi connectivity index (χ0v) is 9.72. The molecule has 1 aromatic heterocycles. The summed E-state index contributed by atoms with van der Waals surface area (Å²) in [5.74, 6) is -3.67. The average molecular weight is 264 g/mol. The Kier molecular flexibility index (Phi) is 3.13. The quantitative estimate of drug-likeness (QED) is 0.805. The first-order chi connectivity index (χ1) is 8.93. The number of nitriles is 1. The Labute approximate surface area is 105 Å². The molecule has 3 nitrogen and oxygen atoms in total. The van der Waals surface area contributed by atoms with Crippen molar-refractivity contribution in [2.75, 3.05) is 0 Å². The maximum Gasteiger partial charge on any atom is 0.266 e. The summed E-state index contributed by atoms with van der Waals surface area (Å²) in [5, 5.41) is 8.90. The van der Waals surface area contributed by atoms with Crippen molar-refractivity contribution < 1.29 is 13.2 Å². The molecule has 0 saturated heterocycles. The van der Waals surface area contributed by atoms with Gasteiger partial charge in [-0.2, -0.15) is 5.26 Å². The molecule has 0 fully saturated rings. The molecule has 96 valence electrons. The SMILES string of the molecule is Cc1cc(-c2cc(F)cc(F)c2F)c(C#N)c(=O)[nH]1. The average Bonchev–Trinajstić information content (AvgIpc) is 2.33. The van der Waals surface area contributed by atoms with Crippen LogP contribution < -0.4 is 5.56 Å². The van der Waals surface area contributed by atoms with E-state index in [4.69, 9.17) is 5.26 Å². The number of hydrogen-bond acceptors (Lipinski definition) is 2. The van der Waals surface area contributed by atoms with Gasteiger partial charge < -0.3 is 4.98 Å². The minimum absolute atomic E-state index is 0.139. The van der Waals surface area contributed by atoms with Gasteiger partial charge in [0.15, 0.2) is 11.6 Å². The van der Waals surface area contributed by atoms with Gasteiger partial charge in [-0.25, -0.2) is 13.2 Å². The smallest absolute Gasteiger partial charge is 0.266 e. The van der Waals surface area contributed by atoms with Gasteiger partial charge in [-0.05, 0) is 19.1 Å². The second-order valence-electron chi connectivity index (χ2n) is 3.93. The van der Waals surface area contributed by atoms with E-state index in [1.165, 1.54) is 13.0 Å². The first-order valence-electron chi connectivity index (χ1n) is 5.23. The number of nitrogens with zero attached hydrogens (tertiary/aromatic N) is 1. The molecule has 0 atom stereocenters. The first kappa shape index (κ1) is 12.9. The Morgan fingerprint density at radius 1 is 1.16 bits per heavy atom. The maximum atomic E-state index is 13.7. The normalized spacial score (nSPS) is 10.3. The van der Waals surface area contributed by atoms with E-state index in [0.29, 0.717) is 11.8 Å². The summed E-state index contributed by atoms with van der Waals surface area (Å²) in [6, 6.07) is 4.03. The molecular weight excluding hydrogens is 257 g/mol. The first-order valence-corrected chi connectivity index (χ1v) is 5.23. The maximum absolute atomic E-state index is 13.7. The fourth-order valence-electron chi connectivity index (χ4n) is 1.76. The van der Waals surface area contributed by atoms with Crippen LogP contribution in [0.1, 0.15) is 11.3 Å². The third kappa shape index (κ3) is 2.22. The van der Waals surface area contributed by atoms with Crippen molar-refractivity contribution in [1.29, 1.82) is 5.26 Å². The van der Waals surface area contributed by atoms with Crippen LogP contribution in [-0.2, 0) is 0 Å². The van der Waals surface area contributed by atoms with Crippen molar-refractivity contribution in [3.63, 3.8) is 0 Å². The van der Waals surface area contributed by atoms with E-state index in [2.05, 4.69) is 4.98 Å². The van der Waals surface area contributed by atoms with Crippen LogP contribution in [0.2, 0.25) is 0 Å². The van der Waals surface area contributed by atoms with E-state index in [-0.39, 0.29) is 5.56 Å². The number of aromatic amines is 1. The van der Waals surface area contributed by atoms with Gasteiger partial charge in [0.05, 0.1) is 0 Å². The largest absolute Gasteiger partial charge is 0.325 e. The number of rotatable bonds is 1. The standard InChI is InChI=1S/C13H7F3N2O/c1-6-2-8(10(5-17)13(19)18-6)9-3-7(14)4-11(15)12(9)16/h2-4H,1H3,(H,18,19). The molecular formula is C13H7F3N2O. The summed E-state index contributed by atoms with van der Waals surface area (Å²) in [4.78, 5) is 13.9. The van der Waals surface area contributed by atoms with Crippen LogP contribution >= 0.6 is 0 Å². The molecule has 0 amide bonds. The predicted octanol–water partition coefficient (Wildman–Crippen LogP) is 2.64. The van der Waals surface area contributed by atoms with Crippen LogP contribution in [-0.4, -0.2) is 4.98 Å². The number of benzene rings is 1. The summed E-state index contributed by atoms with van der Waals surface area (Å²) in [7, 11) is 0. The number of halogens is 3. The second kappa shape index (κ2) is 4.61. The van der Waals surface area contributed by atoms with Gasteiger partial charge in [-0.3, -0.25) is 4.79 Å². The van der Waals surface area contributed by atoms with Gasteiger partial charge in [0.2, 0.25) is 0 Å². The Morgan fingerprint density at radius 3 is 2.47 bits per heavy atom. The van der Waals surface area contributed by atoms with Crippen LogP contribution in [0.4, 0.5) is 13.2 Å². The predicted molar refractivity (Wildman–Crippen MR) is 61.8 cm³/mol. The van der Waals surface area contributed by atoms with Crippen molar-refractivity contribution in [2.24, 2.45) is 0 Å². The highest BCUT2D eigenvalue weighted by molar-refractivity contribution is 5.71. The molecule has 1 heterocycles. The summed E-state index contributed by atoms with van der Waals surface area (Å²) < 4.78 is 40.0. The highest BCUT2D eigenvalue weighted by atomic mass is 19.2. The van der Waals surface area contributed by atoms with E-state index in [9.17, 15) is 18.0 Å². The third-order valence-corrected chi connectivity index (χ3v) is 2.56. The number of hydrogen-bond donors (Lipinski definition) is 1. The Hall–Kier alpha value is -2.55. The van der Waals surface area contributed by atoms with E-state index >= 15 is 0 Å². The van der Waals surface area contributed by atoms with Crippen LogP contribution in [0.5, 0.6) is 0 Å². The molecule has 0 bridgehead atoms. The van der Waals surface area contributed by atoms with Gasteiger partial charge in [0.25, 0.3) is 5.56 Å². The second-order valence-corrected chi connectivity index (χ2v) is 3.93. The number of aromatic nitrogens is 1. The molecule has 2 aromatic rings. The minimum Gasteiger partial charge on any atom is -0.325 e. The number of nitrogens with one attached hydrogen (secondary N) is 1. The van der Waals surface area contributed by atoms with E-state index < -0.39 is 34.1 Å². The van der Waals surface area contributed by atoms with Crippen LogP contribution in [0, 0.1) is 35.7 Å². The fourth-order valence-corrected chi connectivity index (χ4v) is 1.76. The Morgan fingerprint density at radius 2 is 1.84 bits per heavy atom. The fraction of sp³-hybridized carbons (Fsp3) is 0.0769. The van der Waals surface area contributed by atoms with Crippen molar-refractivity contribution >= 4 is 0 Å². The molecule has 6 heteroatoms.